The maximum absolute atomic E-state index is 11.6. The average Bonchev–Trinajstić information content (AvgIpc) is 2.71. The second-order valence-electron chi connectivity index (χ2n) is 5.28. The summed E-state index contributed by atoms with van der Waals surface area (Å²) in [5, 5.41) is 4.70. The van der Waals surface area contributed by atoms with Crippen molar-refractivity contribution in [2.45, 2.75) is 25.8 Å². The highest BCUT2D eigenvalue weighted by Crippen LogP contribution is 2.33. The van der Waals surface area contributed by atoms with E-state index in [1.165, 1.54) is 0 Å². The molecule has 1 N–H and O–H groups in total. The molecule has 0 amide bonds. The Bertz CT molecular complexity index is 575. The Kier molecular flexibility index (Phi) is 5.35. The van der Waals surface area contributed by atoms with Gasteiger partial charge in [0.05, 0.1) is 11.5 Å². The maximum atomic E-state index is 11.6. The van der Waals surface area contributed by atoms with Crippen molar-refractivity contribution in [3.63, 3.8) is 0 Å². The van der Waals surface area contributed by atoms with E-state index in [1.54, 1.807) is 12.1 Å². The summed E-state index contributed by atoms with van der Waals surface area (Å²) in [6.07, 6.45) is 1.51. The molecule has 0 aliphatic carbocycles. The van der Waals surface area contributed by atoms with E-state index < -0.39 is 9.84 Å². The van der Waals surface area contributed by atoms with Crippen molar-refractivity contribution in [2.75, 3.05) is 18.1 Å². The summed E-state index contributed by atoms with van der Waals surface area (Å²) in [5.74, 6) is 0.784. The highest BCUT2D eigenvalue weighted by molar-refractivity contribution is 7.91. The quantitative estimate of drug-likeness (QED) is 0.896. The van der Waals surface area contributed by atoms with E-state index in [0.29, 0.717) is 15.8 Å². The molecule has 112 valence electrons. The first-order chi connectivity index (χ1) is 9.41. The number of sulfone groups is 1. The molecular formula is C14H19Cl2NO2S. The zero-order chi connectivity index (χ0) is 14.8. The van der Waals surface area contributed by atoms with Crippen LogP contribution in [0.5, 0.6) is 0 Å². The average molecular weight is 336 g/mol. The van der Waals surface area contributed by atoms with Gasteiger partial charge in [0.2, 0.25) is 0 Å². The third-order valence-corrected chi connectivity index (χ3v) is 6.10. The summed E-state index contributed by atoms with van der Waals surface area (Å²) in [6.45, 7) is 2.82. The summed E-state index contributed by atoms with van der Waals surface area (Å²) in [6, 6.07) is 5.45. The molecule has 3 nitrogen and oxygen atoms in total. The topological polar surface area (TPSA) is 46.2 Å². The molecule has 1 fully saturated rings. The predicted octanol–water partition coefficient (Wildman–Crippen LogP) is 3.47. The fourth-order valence-corrected chi connectivity index (χ4v) is 5.05. The molecule has 0 radical (unpaired) electrons. The van der Waals surface area contributed by atoms with E-state index >= 15 is 0 Å². The zero-order valence-corrected chi connectivity index (χ0v) is 13.7. The molecule has 2 unspecified atom stereocenters. The molecule has 1 aliphatic heterocycles. The molecule has 1 saturated heterocycles. The van der Waals surface area contributed by atoms with Crippen LogP contribution in [-0.2, 0) is 9.84 Å². The number of hydrogen-bond donors (Lipinski definition) is 1. The highest BCUT2D eigenvalue weighted by Gasteiger charge is 2.30. The SMILES string of the molecule is CCNC(CC1CCS(=O)(=O)C1)c1cc(Cl)ccc1Cl. The van der Waals surface area contributed by atoms with Crippen LogP contribution in [0.3, 0.4) is 0 Å². The van der Waals surface area contributed by atoms with Gasteiger partial charge in [-0.25, -0.2) is 8.42 Å². The standard InChI is InChI=1S/C14H19Cl2NO2S/c1-2-17-14(7-10-5-6-20(18,19)9-10)12-8-11(15)3-4-13(12)16/h3-4,8,10,14,17H,2,5-7,9H2,1H3. The second kappa shape index (κ2) is 6.65. The minimum Gasteiger partial charge on any atom is -0.310 e. The van der Waals surface area contributed by atoms with E-state index in [9.17, 15) is 8.42 Å². The van der Waals surface area contributed by atoms with Gasteiger partial charge in [-0.1, -0.05) is 30.1 Å². The number of benzene rings is 1. The number of rotatable bonds is 5. The third kappa shape index (κ3) is 4.10. The molecule has 1 aromatic rings. The van der Waals surface area contributed by atoms with E-state index in [0.717, 1.165) is 24.9 Å². The van der Waals surface area contributed by atoms with Crippen molar-refractivity contribution in [3.8, 4) is 0 Å². The van der Waals surface area contributed by atoms with Crippen LogP contribution < -0.4 is 5.32 Å². The number of halogens is 2. The van der Waals surface area contributed by atoms with Crippen LogP contribution in [0.1, 0.15) is 31.4 Å². The summed E-state index contributed by atoms with van der Waals surface area (Å²) in [7, 11) is -2.84. The van der Waals surface area contributed by atoms with Crippen molar-refractivity contribution in [1.29, 1.82) is 0 Å². The van der Waals surface area contributed by atoms with Crippen LogP contribution in [0.2, 0.25) is 10.0 Å². The Morgan fingerprint density at radius 1 is 1.40 bits per heavy atom. The van der Waals surface area contributed by atoms with E-state index in [-0.39, 0.29) is 17.7 Å². The normalized spacial score (nSPS) is 22.9. The molecule has 1 aromatic carbocycles. The number of hydrogen-bond acceptors (Lipinski definition) is 3. The summed E-state index contributed by atoms with van der Waals surface area (Å²) in [5.41, 5.74) is 0.949. The van der Waals surface area contributed by atoms with Gasteiger partial charge in [-0.15, -0.1) is 0 Å². The smallest absolute Gasteiger partial charge is 0.150 e. The monoisotopic (exact) mass is 335 g/mol. The van der Waals surface area contributed by atoms with Gasteiger partial charge in [0.25, 0.3) is 0 Å². The fourth-order valence-electron chi connectivity index (χ4n) is 2.74. The van der Waals surface area contributed by atoms with Gasteiger partial charge in [-0.2, -0.15) is 0 Å². The van der Waals surface area contributed by atoms with E-state index in [4.69, 9.17) is 23.2 Å². The lowest BCUT2D eigenvalue weighted by atomic mass is 9.94. The molecule has 20 heavy (non-hydrogen) atoms. The number of nitrogens with one attached hydrogen (secondary N) is 1. The van der Waals surface area contributed by atoms with Gasteiger partial charge < -0.3 is 5.32 Å². The first-order valence-corrected chi connectivity index (χ1v) is 9.37. The van der Waals surface area contributed by atoms with Crippen LogP contribution >= 0.6 is 23.2 Å². The van der Waals surface area contributed by atoms with Crippen LogP contribution in [-0.4, -0.2) is 26.5 Å². The molecule has 1 aliphatic rings. The molecule has 0 bridgehead atoms. The Hall–Kier alpha value is -0.290. The summed E-state index contributed by atoms with van der Waals surface area (Å²) < 4.78 is 23.1. The lowest BCUT2D eigenvalue weighted by Gasteiger charge is -2.22. The summed E-state index contributed by atoms with van der Waals surface area (Å²) in [4.78, 5) is 0. The molecule has 0 spiro atoms. The summed E-state index contributed by atoms with van der Waals surface area (Å²) >= 11 is 12.3. The van der Waals surface area contributed by atoms with Crippen molar-refractivity contribution < 1.29 is 8.42 Å². The molecule has 2 atom stereocenters. The van der Waals surface area contributed by atoms with Crippen molar-refractivity contribution in [1.82, 2.24) is 5.32 Å². The molecule has 0 saturated carbocycles. The van der Waals surface area contributed by atoms with Gasteiger partial charge in [0.15, 0.2) is 9.84 Å². The predicted molar refractivity (Wildman–Crippen MR) is 84.3 cm³/mol. The molecule has 0 aromatic heterocycles. The van der Waals surface area contributed by atoms with Gasteiger partial charge in [0.1, 0.15) is 0 Å². The molecule has 6 heteroatoms. The minimum absolute atomic E-state index is 0.0458. The molecular weight excluding hydrogens is 317 g/mol. The van der Waals surface area contributed by atoms with Crippen molar-refractivity contribution in [2.24, 2.45) is 5.92 Å². The van der Waals surface area contributed by atoms with Gasteiger partial charge >= 0.3 is 0 Å². The van der Waals surface area contributed by atoms with Crippen LogP contribution in [0.25, 0.3) is 0 Å². The second-order valence-corrected chi connectivity index (χ2v) is 8.35. The highest BCUT2D eigenvalue weighted by atomic mass is 35.5. The lowest BCUT2D eigenvalue weighted by Crippen LogP contribution is -2.24. The zero-order valence-electron chi connectivity index (χ0n) is 11.4. The Morgan fingerprint density at radius 3 is 2.75 bits per heavy atom. The van der Waals surface area contributed by atoms with E-state index in [2.05, 4.69) is 5.32 Å². The van der Waals surface area contributed by atoms with Crippen molar-refractivity contribution in [3.05, 3.63) is 33.8 Å². The van der Waals surface area contributed by atoms with Crippen molar-refractivity contribution >= 4 is 33.0 Å². The third-order valence-electron chi connectivity index (χ3n) is 3.68. The van der Waals surface area contributed by atoms with Gasteiger partial charge in [0, 0.05) is 16.1 Å². The maximum Gasteiger partial charge on any atom is 0.150 e. The first-order valence-electron chi connectivity index (χ1n) is 6.80. The molecule has 2 rings (SSSR count). The fraction of sp³-hybridized carbons (Fsp3) is 0.571. The Morgan fingerprint density at radius 2 is 2.15 bits per heavy atom. The minimum atomic E-state index is -2.84. The Balaban J connectivity index is 2.17. The van der Waals surface area contributed by atoms with E-state index in [1.807, 2.05) is 13.0 Å². The van der Waals surface area contributed by atoms with Crippen LogP contribution in [0, 0.1) is 5.92 Å². The first kappa shape index (κ1) is 16.1. The largest absolute Gasteiger partial charge is 0.310 e. The van der Waals surface area contributed by atoms with Crippen LogP contribution in [0.4, 0.5) is 0 Å². The lowest BCUT2D eigenvalue weighted by molar-refractivity contribution is 0.422. The van der Waals surface area contributed by atoms with Crippen LogP contribution in [0.15, 0.2) is 18.2 Å². The Labute approximate surface area is 130 Å². The molecule has 1 heterocycles. The van der Waals surface area contributed by atoms with Gasteiger partial charge in [-0.05, 0) is 49.1 Å². The van der Waals surface area contributed by atoms with Gasteiger partial charge in [-0.3, -0.25) is 0 Å².